The molecule has 0 spiro atoms. The highest BCUT2D eigenvalue weighted by Gasteiger charge is 2.09. The first-order chi connectivity index (χ1) is 6.24. The highest BCUT2D eigenvalue weighted by molar-refractivity contribution is 5.93. The molecule has 13 heavy (non-hydrogen) atoms. The summed E-state index contributed by atoms with van der Waals surface area (Å²) >= 11 is 0. The molecule has 0 atom stereocenters. The average molecular weight is 179 g/mol. The van der Waals surface area contributed by atoms with E-state index < -0.39 is 0 Å². The van der Waals surface area contributed by atoms with Gasteiger partial charge in [0.15, 0.2) is 5.52 Å². The van der Waals surface area contributed by atoms with Gasteiger partial charge in [0.25, 0.3) is 0 Å². The van der Waals surface area contributed by atoms with E-state index >= 15 is 0 Å². The fourth-order valence-electron chi connectivity index (χ4n) is 1.26. The summed E-state index contributed by atoms with van der Waals surface area (Å²) in [7, 11) is 1.47. The zero-order valence-electron chi connectivity index (χ0n) is 7.06. The average Bonchev–Trinajstić information content (AvgIpc) is 2.56. The number of nitrogen functional groups attached to an aromatic ring is 1. The van der Waals surface area contributed by atoms with Crippen molar-refractivity contribution in [2.24, 2.45) is 0 Å². The van der Waals surface area contributed by atoms with Gasteiger partial charge in [-0.15, -0.1) is 5.10 Å². The second kappa shape index (κ2) is 2.55. The minimum Gasteiger partial charge on any atom is -0.506 e. The summed E-state index contributed by atoms with van der Waals surface area (Å²) < 4.78 is 0. The molecule has 1 aromatic carbocycles. The van der Waals surface area contributed by atoms with Crippen LogP contribution in [0.3, 0.4) is 0 Å². The first kappa shape index (κ1) is 7.72. The second-order valence-electron chi connectivity index (χ2n) is 2.64. The molecular weight excluding hydrogens is 170 g/mol. The molecule has 0 bridgehead atoms. The number of aromatic hydroxyl groups is 1. The Hall–Kier alpha value is -1.91. The summed E-state index contributed by atoms with van der Waals surface area (Å²) in [5.74, 6) is 0.101. The number of hydrogen-bond donors (Lipinski definition) is 2. The van der Waals surface area contributed by atoms with Crippen molar-refractivity contribution < 1.29 is 9.94 Å². The largest absolute Gasteiger partial charge is 0.506 e. The zero-order valence-corrected chi connectivity index (χ0v) is 7.06. The fraction of sp³-hybridized carbons (Fsp3) is 0.125. The lowest BCUT2D eigenvalue weighted by Crippen LogP contribution is -2.06. The quantitative estimate of drug-likeness (QED) is 0.490. The van der Waals surface area contributed by atoms with Crippen LogP contribution in [-0.2, 0) is 0 Å². The SMILES string of the molecule is COn1ncc2c(N)ccc(O)c21. The molecule has 0 aliphatic carbocycles. The van der Waals surface area contributed by atoms with Gasteiger partial charge in [-0.1, -0.05) is 4.85 Å². The van der Waals surface area contributed by atoms with Crippen molar-refractivity contribution in [1.82, 2.24) is 9.94 Å². The van der Waals surface area contributed by atoms with Crippen LogP contribution in [-0.4, -0.2) is 22.2 Å². The number of fused-ring (bicyclic) bond motifs is 1. The van der Waals surface area contributed by atoms with E-state index in [1.165, 1.54) is 18.0 Å². The number of phenolic OH excluding ortho intramolecular Hbond substituents is 1. The first-order valence-corrected chi connectivity index (χ1v) is 3.73. The van der Waals surface area contributed by atoms with Crippen LogP contribution in [0.25, 0.3) is 10.9 Å². The monoisotopic (exact) mass is 179 g/mol. The maximum atomic E-state index is 9.50. The first-order valence-electron chi connectivity index (χ1n) is 3.73. The van der Waals surface area contributed by atoms with E-state index in [4.69, 9.17) is 10.6 Å². The van der Waals surface area contributed by atoms with Crippen molar-refractivity contribution in [3.63, 3.8) is 0 Å². The van der Waals surface area contributed by atoms with E-state index in [9.17, 15) is 5.11 Å². The van der Waals surface area contributed by atoms with Crippen molar-refractivity contribution in [3.8, 4) is 5.75 Å². The van der Waals surface area contributed by atoms with Crippen LogP contribution in [0.2, 0.25) is 0 Å². The van der Waals surface area contributed by atoms with E-state index in [2.05, 4.69) is 5.10 Å². The molecule has 0 aliphatic rings. The van der Waals surface area contributed by atoms with E-state index in [-0.39, 0.29) is 5.75 Å². The summed E-state index contributed by atoms with van der Waals surface area (Å²) in [6, 6.07) is 3.13. The van der Waals surface area contributed by atoms with Gasteiger partial charge in [0.1, 0.15) is 12.9 Å². The Morgan fingerprint density at radius 2 is 2.31 bits per heavy atom. The van der Waals surface area contributed by atoms with Gasteiger partial charge in [0, 0.05) is 5.69 Å². The molecule has 0 aliphatic heterocycles. The Labute approximate surface area is 74.3 Å². The number of aromatic nitrogens is 2. The smallest absolute Gasteiger partial charge is 0.154 e. The highest BCUT2D eigenvalue weighted by atomic mass is 16.7. The number of rotatable bonds is 1. The van der Waals surface area contributed by atoms with Crippen molar-refractivity contribution in [3.05, 3.63) is 18.3 Å². The Kier molecular flexibility index (Phi) is 1.51. The Bertz CT molecular complexity index is 450. The van der Waals surface area contributed by atoms with Gasteiger partial charge in [-0.05, 0) is 12.1 Å². The minimum atomic E-state index is 0.101. The molecule has 2 rings (SSSR count). The van der Waals surface area contributed by atoms with Crippen LogP contribution in [0.15, 0.2) is 18.3 Å². The Morgan fingerprint density at radius 1 is 1.54 bits per heavy atom. The molecular formula is C8H9N3O2. The number of hydrogen-bond acceptors (Lipinski definition) is 4. The molecule has 0 saturated heterocycles. The molecule has 5 heteroatoms. The molecule has 0 fully saturated rings. The van der Waals surface area contributed by atoms with E-state index in [1.54, 1.807) is 12.3 Å². The number of anilines is 1. The van der Waals surface area contributed by atoms with Gasteiger partial charge >= 0.3 is 0 Å². The van der Waals surface area contributed by atoms with E-state index in [0.717, 1.165) is 0 Å². The highest BCUT2D eigenvalue weighted by Crippen LogP contribution is 2.28. The molecule has 0 radical (unpaired) electrons. The van der Waals surface area contributed by atoms with Crippen molar-refractivity contribution in [2.45, 2.75) is 0 Å². The molecule has 1 heterocycles. The van der Waals surface area contributed by atoms with Crippen molar-refractivity contribution in [1.29, 1.82) is 0 Å². The molecule has 0 unspecified atom stereocenters. The maximum absolute atomic E-state index is 9.50. The number of nitrogens with two attached hydrogens (primary N) is 1. The molecule has 0 saturated carbocycles. The summed E-state index contributed by atoms with van der Waals surface area (Å²) in [6.07, 6.45) is 1.55. The third-order valence-corrected chi connectivity index (χ3v) is 1.89. The third-order valence-electron chi connectivity index (χ3n) is 1.89. The lowest BCUT2D eigenvalue weighted by molar-refractivity contribution is 0.144. The lowest BCUT2D eigenvalue weighted by Gasteiger charge is -2.02. The van der Waals surface area contributed by atoms with Gasteiger partial charge in [0.05, 0.1) is 11.6 Å². The van der Waals surface area contributed by atoms with Gasteiger partial charge in [-0.2, -0.15) is 0 Å². The molecule has 1 aromatic heterocycles. The molecule has 2 aromatic rings. The van der Waals surface area contributed by atoms with Crippen LogP contribution < -0.4 is 10.6 Å². The summed E-state index contributed by atoms with van der Waals surface area (Å²) in [5, 5.41) is 14.1. The van der Waals surface area contributed by atoms with Crippen molar-refractivity contribution in [2.75, 3.05) is 12.8 Å². The van der Waals surface area contributed by atoms with E-state index in [0.29, 0.717) is 16.6 Å². The zero-order chi connectivity index (χ0) is 9.42. The van der Waals surface area contributed by atoms with Crippen LogP contribution in [0.4, 0.5) is 5.69 Å². The van der Waals surface area contributed by atoms with Gasteiger partial charge < -0.3 is 15.7 Å². The van der Waals surface area contributed by atoms with Crippen LogP contribution in [0, 0.1) is 0 Å². The third kappa shape index (κ3) is 0.970. The second-order valence-corrected chi connectivity index (χ2v) is 2.64. The Balaban J connectivity index is 2.87. The number of phenols is 1. The lowest BCUT2D eigenvalue weighted by atomic mass is 10.2. The van der Waals surface area contributed by atoms with Crippen molar-refractivity contribution >= 4 is 16.6 Å². The van der Waals surface area contributed by atoms with Gasteiger partial charge in [-0.25, -0.2) is 0 Å². The Morgan fingerprint density at radius 3 is 3.00 bits per heavy atom. The fourth-order valence-corrected chi connectivity index (χ4v) is 1.26. The normalized spacial score (nSPS) is 10.5. The topological polar surface area (TPSA) is 73.3 Å². The van der Waals surface area contributed by atoms with Gasteiger partial charge in [-0.3, -0.25) is 0 Å². The predicted octanol–water partition coefficient (Wildman–Crippen LogP) is 0.382. The molecule has 0 amide bonds. The van der Waals surface area contributed by atoms with Crippen LogP contribution >= 0.6 is 0 Å². The predicted molar refractivity (Wildman–Crippen MR) is 48.3 cm³/mol. The van der Waals surface area contributed by atoms with Gasteiger partial charge in [0.2, 0.25) is 0 Å². The maximum Gasteiger partial charge on any atom is 0.154 e. The number of benzene rings is 1. The summed E-state index contributed by atoms with van der Waals surface area (Å²) in [5.41, 5.74) is 6.73. The summed E-state index contributed by atoms with van der Waals surface area (Å²) in [6.45, 7) is 0. The molecule has 5 nitrogen and oxygen atoms in total. The minimum absolute atomic E-state index is 0.101. The molecule has 68 valence electrons. The summed E-state index contributed by atoms with van der Waals surface area (Å²) in [4.78, 5) is 6.12. The van der Waals surface area contributed by atoms with E-state index in [1.807, 2.05) is 0 Å². The van der Waals surface area contributed by atoms with Crippen LogP contribution in [0.1, 0.15) is 0 Å². The van der Waals surface area contributed by atoms with Crippen LogP contribution in [0.5, 0.6) is 5.75 Å². The standard InChI is InChI=1S/C8H9N3O2/c1-13-11-8-5(4-10-11)6(9)2-3-7(8)12/h2-4,12H,9H2,1H3. The molecule has 3 N–H and O–H groups in total. The number of nitrogens with zero attached hydrogens (tertiary/aromatic N) is 2.